The molecule has 1 heterocycles. The summed E-state index contributed by atoms with van der Waals surface area (Å²) in [7, 11) is 0.706. The summed E-state index contributed by atoms with van der Waals surface area (Å²) in [4.78, 5) is 2.57. The van der Waals surface area contributed by atoms with E-state index in [9.17, 15) is 5.11 Å². The zero-order chi connectivity index (χ0) is 20.1. The Bertz CT molecular complexity index is 792. The molecule has 3 aromatic rings. The van der Waals surface area contributed by atoms with E-state index in [0.29, 0.717) is 21.7 Å². The molecule has 1 aliphatic heterocycles. The standard InChI is InChI=1S/C25H28NO2P/c1-29-24-19-28-23(18-27)17-26(24)25(20-11-5-2-6-12-20,21-13-7-3-8-14-21)22-15-9-4-10-16-22/h2-16,23-24,27,29H,17-19H2,1H3. The second kappa shape index (κ2) is 9.19. The largest absolute Gasteiger partial charge is 0.394 e. The van der Waals surface area contributed by atoms with Gasteiger partial charge in [-0.15, -0.1) is 8.58 Å². The molecule has 3 nitrogen and oxygen atoms in total. The van der Waals surface area contributed by atoms with E-state index >= 15 is 0 Å². The summed E-state index contributed by atoms with van der Waals surface area (Å²) in [6.45, 7) is 3.59. The van der Waals surface area contributed by atoms with E-state index in [1.54, 1.807) is 0 Å². The maximum Gasteiger partial charge on any atom is 0.0979 e. The average molecular weight is 405 g/mol. The van der Waals surface area contributed by atoms with Crippen LogP contribution < -0.4 is 0 Å². The van der Waals surface area contributed by atoms with Gasteiger partial charge >= 0.3 is 0 Å². The Morgan fingerprint density at radius 3 is 1.69 bits per heavy atom. The lowest BCUT2D eigenvalue weighted by Gasteiger charge is -2.52. The second-order valence-corrected chi connectivity index (χ2v) is 8.65. The van der Waals surface area contributed by atoms with Gasteiger partial charge in [-0.3, -0.25) is 4.90 Å². The number of benzene rings is 3. The van der Waals surface area contributed by atoms with Crippen LogP contribution >= 0.6 is 8.58 Å². The molecule has 1 aliphatic rings. The Balaban J connectivity index is 2.02. The zero-order valence-electron chi connectivity index (χ0n) is 16.7. The first kappa shape index (κ1) is 20.3. The van der Waals surface area contributed by atoms with Gasteiger partial charge in [0, 0.05) is 6.54 Å². The van der Waals surface area contributed by atoms with E-state index in [-0.39, 0.29) is 18.5 Å². The van der Waals surface area contributed by atoms with Gasteiger partial charge in [0.25, 0.3) is 0 Å². The first-order valence-corrected chi connectivity index (χ1v) is 11.7. The predicted molar refractivity (Wildman–Crippen MR) is 121 cm³/mol. The van der Waals surface area contributed by atoms with Crippen molar-refractivity contribution in [3.05, 3.63) is 108 Å². The monoisotopic (exact) mass is 405 g/mol. The molecule has 1 saturated heterocycles. The molecule has 0 spiro atoms. The lowest BCUT2D eigenvalue weighted by atomic mass is 9.75. The number of nitrogens with zero attached hydrogens (tertiary/aromatic N) is 1. The smallest absolute Gasteiger partial charge is 0.0979 e. The first-order chi connectivity index (χ1) is 14.3. The third-order valence-corrected chi connectivity index (χ3v) is 6.95. The zero-order valence-corrected chi connectivity index (χ0v) is 17.7. The highest BCUT2D eigenvalue weighted by Crippen LogP contribution is 2.46. The molecule has 1 fully saturated rings. The summed E-state index contributed by atoms with van der Waals surface area (Å²) in [5, 5.41) is 9.90. The minimum atomic E-state index is -0.450. The van der Waals surface area contributed by atoms with Crippen molar-refractivity contribution in [3.8, 4) is 0 Å². The molecule has 4 rings (SSSR count). The molecule has 150 valence electrons. The number of hydrogen-bond donors (Lipinski definition) is 1. The fraction of sp³-hybridized carbons (Fsp3) is 0.280. The highest BCUT2D eigenvalue weighted by Gasteiger charge is 2.47. The molecule has 0 radical (unpaired) electrons. The van der Waals surface area contributed by atoms with Crippen LogP contribution in [0.1, 0.15) is 16.7 Å². The van der Waals surface area contributed by atoms with Crippen molar-refractivity contribution in [1.29, 1.82) is 0 Å². The van der Waals surface area contributed by atoms with Crippen LogP contribution in [0, 0.1) is 0 Å². The molecule has 0 bridgehead atoms. The maximum atomic E-state index is 9.90. The molecule has 0 aliphatic carbocycles. The van der Waals surface area contributed by atoms with Crippen LogP contribution in [0.25, 0.3) is 0 Å². The summed E-state index contributed by atoms with van der Waals surface area (Å²) in [5.41, 5.74) is 3.26. The predicted octanol–water partition coefficient (Wildman–Crippen LogP) is 4.31. The molecule has 29 heavy (non-hydrogen) atoms. The first-order valence-electron chi connectivity index (χ1n) is 10.1. The van der Waals surface area contributed by atoms with Gasteiger partial charge < -0.3 is 9.84 Å². The van der Waals surface area contributed by atoms with Gasteiger partial charge in [0.15, 0.2) is 0 Å². The van der Waals surface area contributed by atoms with Crippen molar-refractivity contribution >= 4 is 8.58 Å². The average Bonchev–Trinajstić information content (AvgIpc) is 2.82. The van der Waals surface area contributed by atoms with E-state index < -0.39 is 5.54 Å². The van der Waals surface area contributed by atoms with E-state index in [1.165, 1.54) is 16.7 Å². The fourth-order valence-corrected chi connectivity index (χ4v) is 5.35. The van der Waals surface area contributed by atoms with Crippen molar-refractivity contribution in [1.82, 2.24) is 4.90 Å². The molecule has 0 saturated carbocycles. The molecule has 3 atom stereocenters. The van der Waals surface area contributed by atoms with Crippen LogP contribution in [0.4, 0.5) is 0 Å². The lowest BCUT2D eigenvalue weighted by Crippen LogP contribution is -2.59. The number of aliphatic hydroxyl groups is 1. The molecular formula is C25H28NO2P. The van der Waals surface area contributed by atoms with Crippen molar-refractivity contribution in [2.75, 3.05) is 26.4 Å². The van der Waals surface area contributed by atoms with E-state index in [1.807, 2.05) is 0 Å². The highest BCUT2D eigenvalue weighted by molar-refractivity contribution is 7.37. The van der Waals surface area contributed by atoms with Gasteiger partial charge in [-0.05, 0) is 23.4 Å². The van der Waals surface area contributed by atoms with Crippen LogP contribution in [0.3, 0.4) is 0 Å². The molecule has 0 amide bonds. The van der Waals surface area contributed by atoms with Crippen LogP contribution in [-0.2, 0) is 10.3 Å². The number of aliphatic hydroxyl groups excluding tert-OH is 1. The number of hydrogen-bond acceptors (Lipinski definition) is 3. The molecule has 4 heteroatoms. The molecule has 0 aromatic heterocycles. The van der Waals surface area contributed by atoms with Crippen molar-refractivity contribution in [3.63, 3.8) is 0 Å². The Kier molecular flexibility index (Phi) is 6.42. The summed E-state index contributed by atoms with van der Waals surface area (Å²) < 4.78 is 5.98. The van der Waals surface area contributed by atoms with Crippen LogP contribution in [0.2, 0.25) is 0 Å². The maximum absolute atomic E-state index is 9.90. The quantitative estimate of drug-likeness (QED) is 0.490. The molecule has 3 unspecified atom stereocenters. The fourth-order valence-electron chi connectivity index (χ4n) is 4.47. The van der Waals surface area contributed by atoms with Crippen LogP contribution in [-0.4, -0.2) is 48.3 Å². The molecular weight excluding hydrogens is 377 g/mol. The van der Waals surface area contributed by atoms with Gasteiger partial charge in [0.05, 0.1) is 30.6 Å². The van der Waals surface area contributed by atoms with Gasteiger partial charge in [0.1, 0.15) is 0 Å². The van der Waals surface area contributed by atoms with Gasteiger partial charge in [-0.2, -0.15) is 0 Å². The number of rotatable bonds is 6. The Morgan fingerprint density at radius 1 is 0.862 bits per heavy atom. The summed E-state index contributed by atoms with van der Waals surface area (Å²) >= 11 is 0. The summed E-state index contributed by atoms with van der Waals surface area (Å²) in [6.07, 6.45) is -0.182. The minimum absolute atomic E-state index is 0.0322. The Morgan fingerprint density at radius 2 is 1.31 bits per heavy atom. The SMILES string of the molecule is CPC1COC(CO)CN1C(c1ccccc1)(c1ccccc1)c1ccccc1. The number of ether oxygens (including phenoxy) is 1. The van der Waals surface area contributed by atoms with Crippen LogP contribution in [0.5, 0.6) is 0 Å². The van der Waals surface area contributed by atoms with Crippen molar-refractivity contribution in [2.45, 2.75) is 17.4 Å². The third kappa shape index (κ3) is 3.76. The van der Waals surface area contributed by atoms with Crippen LogP contribution in [0.15, 0.2) is 91.0 Å². The highest BCUT2D eigenvalue weighted by atomic mass is 31.1. The van der Waals surface area contributed by atoms with Gasteiger partial charge in [-0.25, -0.2) is 0 Å². The topological polar surface area (TPSA) is 32.7 Å². The van der Waals surface area contributed by atoms with Crippen molar-refractivity contribution < 1.29 is 9.84 Å². The number of morpholine rings is 1. The second-order valence-electron chi connectivity index (χ2n) is 7.40. The Labute approximate surface area is 175 Å². The molecule has 3 aromatic carbocycles. The Hall–Kier alpha value is -2.03. The van der Waals surface area contributed by atoms with E-state index in [4.69, 9.17) is 4.74 Å². The molecule has 1 N–H and O–H groups in total. The third-order valence-electron chi connectivity index (χ3n) is 5.81. The minimum Gasteiger partial charge on any atom is -0.394 e. The summed E-state index contributed by atoms with van der Waals surface area (Å²) in [5.74, 6) is 0.276. The van der Waals surface area contributed by atoms with Gasteiger partial charge in [-0.1, -0.05) is 91.0 Å². The van der Waals surface area contributed by atoms with E-state index in [2.05, 4.69) is 103 Å². The van der Waals surface area contributed by atoms with Crippen molar-refractivity contribution in [2.24, 2.45) is 0 Å². The van der Waals surface area contributed by atoms with Gasteiger partial charge in [0.2, 0.25) is 0 Å². The van der Waals surface area contributed by atoms with E-state index in [0.717, 1.165) is 0 Å². The normalized spacial score (nSPS) is 20.9. The lowest BCUT2D eigenvalue weighted by molar-refractivity contribution is -0.0837. The summed E-state index contributed by atoms with van der Waals surface area (Å²) in [6, 6.07) is 32.2.